The van der Waals surface area contributed by atoms with E-state index >= 15 is 0 Å². The number of rotatable bonds is 5. The summed E-state index contributed by atoms with van der Waals surface area (Å²) in [4.78, 5) is 23.7. The molecular formula is C29H32N6O3. The van der Waals surface area contributed by atoms with Gasteiger partial charge in [0.05, 0.1) is 18.3 Å². The Bertz CT molecular complexity index is 1540. The van der Waals surface area contributed by atoms with Gasteiger partial charge in [0.25, 0.3) is 0 Å². The minimum absolute atomic E-state index is 0.0489. The molecular weight excluding hydrogens is 480 g/mol. The highest BCUT2D eigenvalue weighted by Crippen LogP contribution is 2.42. The van der Waals surface area contributed by atoms with Gasteiger partial charge in [-0.15, -0.1) is 5.10 Å². The zero-order valence-electron chi connectivity index (χ0n) is 22.2. The molecule has 196 valence electrons. The molecule has 1 aliphatic heterocycles. The van der Waals surface area contributed by atoms with Crippen LogP contribution in [0.1, 0.15) is 72.2 Å². The number of pyridine rings is 2. The number of carboxylic acid groups (broad SMARTS) is 1. The Balaban J connectivity index is 1.40. The Morgan fingerprint density at radius 3 is 2.89 bits per heavy atom. The summed E-state index contributed by atoms with van der Waals surface area (Å²) in [7, 11) is 1.83. The normalized spacial score (nSPS) is 19.4. The van der Waals surface area contributed by atoms with Gasteiger partial charge in [-0.25, -0.2) is 9.67 Å². The number of aryl methyl sites for hydroxylation is 3. The lowest BCUT2D eigenvalue weighted by Gasteiger charge is -2.33. The van der Waals surface area contributed by atoms with Gasteiger partial charge < -0.3 is 9.84 Å². The Hall–Kier alpha value is -3.85. The van der Waals surface area contributed by atoms with E-state index in [1.54, 1.807) is 17.1 Å². The highest BCUT2D eigenvalue weighted by atomic mass is 16.5. The molecule has 2 unspecified atom stereocenters. The number of aromatic nitrogens is 5. The zero-order chi connectivity index (χ0) is 26.6. The van der Waals surface area contributed by atoms with E-state index in [4.69, 9.17) is 9.72 Å². The number of ether oxygens (including phenoxy) is 1. The second-order valence-electron chi connectivity index (χ2n) is 11.1. The maximum absolute atomic E-state index is 12.0. The molecule has 6 rings (SSSR count). The number of hydrogen-bond acceptors (Lipinski definition) is 7. The van der Waals surface area contributed by atoms with Gasteiger partial charge in [-0.2, -0.15) is 0 Å². The van der Waals surface area contributed by atoms with Gasteiger partial charge in [0.15, 0.2) is 0 Å². The van der Waals surface area contributed by atoms with Crippen molar-refractivity contribution in [3.05, 3.63) is 76.2 Å². The second-order valence-corrected chi connectivity index (χ2v) is 11.1. The first kappa shape index (κ1) is 24.5. The monoisotopic (exact) mass is 512 g/mol. The van der Waals surface area contributed by atoms with Crippen molar-refractivity contribution in [2.45, 2.75) is 64.1 Å². The van der Waals surface area contributed by atoms with Crippen LogP contribution >= 0.6 is 0 Å². The van der Waals surface area contributed by atoms with E-state index in [-0.39, 0.29) is 24.0 Å². The fourth-order valence-corrected chi connectivity index (χ4v) is 6.13. The third-order valence-corrected chi connectivity index (χ3v) is 7.88. The molecule has 2 aliphatic rings. The number of fused-ring (bicyclic) bond motifs is 3. The summed E-state index contributed by atoms with van der Waals surface area (Å²) in [5.41, 5.74) is 7.43. The fraction of sp³-hybridized carbons (Fsp3) is 0.414. The maximum atomic E-state index is 12.0. The Morgan fingerprint density at radius 2 is 2.08 bits per heavy atom. The Morgan fingerprint density at radius 1 is 1.24 bits per heavy atom. The number of nitrogens with zero attached hydrogens (tertiary/aromatic N) is 6. The van der Waals surface area contributed by atoms with Gasteiger partial charge in [-0.3, -0.25) is 14.7 Å². The topological polar surface area (TPSA) is 106 Å². The van der Waals surface area contributed by atoms with E-state index in [0.29, 0.717) is 5.88 Å². The van der Waals surface area contributed by atoms with E-state index in [2.05, 4.69) is 58.3 Å². The van der Waals surface area contributed by atoms with E-state index in [1.165, 1.54) is 11.1 Å². The molecule has 0 saturated heterocycles. The summed E-state index contributed by atoms with van der Waals surface area (Å²) in [5.74, 6) is -0.545. The first-order valence-electron chi connectivity index (χ1n) is 13.1. The summed E-state index contributed by atoms with van der Waals surface area (Å²) >= 11 is 0. The summed E-state index contributed by atoms with van der Waals surface area (Å²) in [6.45, 7) is 7.69. The van der Waals surface area contributed by atoms with E-state index in [9.17, 15) is 9.90 Å². The lowest BCUT2D eigenvalue weighted by atomic mass is 9.87. The van der Waals surface area contributed by atoms with Crippen LogP contribution in [0, 0.1) is 6.92 Å². The quantitative estimate of drug-likeness (QED) is 0.421. The van der Waals surface area contributed by atoms with E-state index < -0.39 is 5.97 Å². The molecule has 1 aromatic carbocycles. The van der Waals surface area contributed by atoms with Crippen LogP contribution in [0.3, 0.4) is 0 Å². The standard InChI is InChI=1S/C29H32N6O3/c1-17-26(31-14-24-27(17)32-33-34(24)4)22(13-25(36)37)19-8-7-18-9-10-23(21(18)12-19)35-15-20-6-5-11-30-28(20)38-29(2,3)16-35/h5-8,11-12,14,22-23H,9-10,13,15-16H2,1-4H3,(H,36,37). The first-order valence-corrected chi connectivity index (χ1v) is 13.1. The first-order chi connectivity index (χ1) is 18.2. The molecule has 1 N–H and O–H groups in total. The molecule has 9 nitrogen and oxygen atoms in total. The van der Waals surface area contributed by atoms with Gasteiger partial charge in [-0.05, 0) is 56.4 Å². The predicted octanol–water partition coefficient (Wildman–Crippen LogP) is 4.33. The molecule has 1 aliphatic carbocycles. The minimum Gasteiger partial charge on any atom is -0.481 e. The molecule has 0 radical (unpaired) electrons. The molecule has 0 saturated carbocycles. The molecule has 9 heteroatoms. The highest BCUT2D eigenvalue weighted by Gasteiger charge is 2.37. The van der Waals surface area contributed by atoms with Crippen molar-refractivity contribution in [1.29, 1.82) is 0 Å². The highest BCUT2D eigenvalue weighted by molar-refractivity contribution is 5.78. The molecule has 0 spiro atoms. The number of aliphatic carboxylic acids is 1. The number of hydrogen-bond donors (Lipinski definition) is 1. The van der Waals surface area contributed by atoms with Gasteiger partial charge in [0.1, 0.15) is 16.6 Å². The maximum Gasteiger partial charge on any atom is 0.304 e. The van der Waals surface area contributed by atoms with Crippen LogP contribution in [-0.2, 0) is 24.8 Å². The Labute approximate surface area is 221 Å². The summed E-state index contributed by atoms with van der Waals surface area (Å²) in [6.07, 6.45) is 5.47. The number of benzene rings is 1. The van der Waals surface area contributed by atoms with Crippen molar-refractivity contribution in [1.82, 2.24) is 29.9 Å². The minimum atomic E-state index is -0.858. The van der Waals surface area contributed by atoms with Gasteiger partial charge >= 0.3 is 5.97 Å². The average molecular weight is 513 g/mol. The van der Waals surface area contributed by atoms with Crippen molar-refractivity contribution in [3.63, 3.8) is 0 Å². The molecule has 2 atom stereocenters. The van der Waals surface area contributed by atoms with Crippen LogP contribution in [0.15, 0.2) is 42.7 Å². The molecule has 3 aromatic heterocycles. The lowest BCUT2D eigenvalue weighted by molar-refractivity contribution is -0.137. The van der Waals surface area contributed by atoms with Crippen molar-refractivity contribution in [2.24, 2.45) is 7.05 Å². The largest absolute Gasteiger partial charge is 0.481 e. The summed E-state index contributed by atoms with van der Waals surface area (Å²) in [5, 5.41) is 18.3. The van der Waals surface area contributed by atoms with Crippen LogP contribution in [0.5, 0.6) is 5.88 Å². The molecule has 0 fully saturated rings. The van der Waals surface area contributed by atoms with Crippen LogP contribution in [0.2, 0.25) is 0 Å². The fourth-order valence-electron chi connectivity index (χ4n) is 6.13. The molecule has 0 amide bonds. The molecule has 4 heterocycles. The summed E-state index contributed by atoms with van der Waals surface area (Å²) < 4.78 is 7.98. The zero-order valence-corrected chi connectivity index (χ0v) is 22.2. The van der Waals surface area contributed by atoms with Crippen LogP contribution in [0.4, 0.5) is 0 Å². The molecule has 4 aromatic rings. The van der Waals surface area contributed by atoms with Crippen LogP contribution in [-0.4, -0.2) is 53.1 Å². The van der Waals surface area contributed by atoms with E-state index in [0.717, 1.165) is 59.3 Å². The SMILES string of the molecule is Cc1c(C(CC(=O)O)c2ccc3c(c2)C(N2Cc4cccnc4OC(C)(C)C2)CC3)ncc2c1nnn2C. The predicted molar refractivity (Wildman–Crippen MR) is 142 cm³/mol. The van der Waals surface area contributed by atoms with E-state index in [1.807, 2.05) is 20.0 Å². The average Bonchev–Trinajstić information content (AvgIpc) is 3.43. The number of carbonyl (C=O) groups is 1. The van der Waals surface area contributed by atoms with Gasteiger partial charge in [-0.1, -0.05) is 29.5 Å². The molecule has 0 bridgehead atoms. The third kappa shape index (κ3) is 4.30. The smallest absolute Gasteiger partial charge is 0.304 e. The van der Waals surface area contributed by atoms with Crippen molar-refractivity contribution < 1.29 is 14.6 Å². The summed E-state index contributed by atoms with van der Waals surface area (Å²) in [6, 6.07) is 10.7. The van der Waals surface area contributed by atoms with Crippen LogP contribution < -0.4 is 4.74 Å². The van der Waals surface area contributed by atoms with Gasteiger partial charge in [0.2, 0.25) is 5.88 Å². The lowest BCUT2D eigenvalue weighted by Crippen LogP contribution is -2.41. The third-order valence-electron chi connectivity index (χ3n) is 7.88. The van der Waals surface area contributed by atoms with Crippen LogP contribution in [0.25, 0.3) is 11.0 Å². The number of carboxylic acids is 1. The van der Waals surface area contributed by atoms with Crippen molar-refractivity contribution >= 4 is 17.0 Å². The second kappa shape index (κ2) is 9.16. The van der Waals surface area contributed by atoms with Gasteiger partial charge in [0, 0.05) is 49.4 Å². The van der Waals surface area contributed by atoms with Crippen molar-refractivity contribution in [2.75, 3.05) is 6.54 Å². The van der Waals surface area contributed by atoms with Crippen molar-refractivity contribution in [3.8, 4) is 5.88 Å². The molecule has 38 heavy (non-hydrogen) atoms. The Kier molecular flexibility index (Phi) is 5.90.